The molecule has 3 fully saturated rings. The molecule has 1 atom stereocenters. The molecule has 1 aliphatic carbocycles. The van der Waals surface area contributed by atoms with Crippen LogP contribution < -0.4 is 4.90 Å². The highest BCUT2D eigenvalue weighted by atomic mass is 32.2. The Balaban J connectivity index is 1.37. The molecular weight excluding hydrogens is 402 g/mol. The Labute approximate surface area is 179 Å². The van der Waals surface area contributed by atoms with Crippen LogP contribution in [0, 0.1) is 0 Å². The van der Waals surface area contributed by atoms with Gasteiger partial charge in [-0.05, 0) is 43.5 Å². The van der Waals surface area contributed by atoms with E-state index in [1.807, 2.05) is 17.0 Å². The van der Waals surface area contributed by atoms with Crippen LogP contribution in [0.25, 0.3) is 0 Å². The summed E-state index contributed by atoms with van der Waals surface area (Å²) in [5.74, 6) is 0.699. The first kappa shape index (κ1) is 21.4. The zero-order valence-corrected chi connectivity index (χ0v) is 18.4. The van der Waals surface area contributed by atoms with Gasteiger partial charge in [-0.25, -0.2) is 8.42 Å². The van der Waals surface area contributed by atoms with E-state index in [1.165, 1.54) is 6.42 Å². The fourth-order valence-corrected chi connectivity index (χ4v) is 6.87. The fourth-order valence-electron chi connectivity index (χ4n) is 5.16. The second-order valence-corrected chi connectivity index (χ2v) is 11.2. The van der Waals surface area contributed by atoms with Crippen molar-refractivity contribution in [3.8, 4) is 5.75 Å². The summed E-state index contributed by atoms with van der Waals surface area (Å²) in [6.07, 6.45) is 6.03. The Morgan fingerprint density at radius 2 is 1.63 bits per heavy atom. The molecule has 0 aromatic heterocycles. The maximum atomic E-state index is 13.3. The zero-order chi connectivity index (χ0) is 21.1. The lowest BCUT2D eigenvalue weighted by atomic mass is 9.92. The molecule has 0 radical (unpaired) electrons. The predicted octanol–water partition coefficient (Wildman–Crippen LogP) is 1.86. The van der Waals surface area contributed by atoms with Gasteiger partial charge in [0.05, 0.1) is 18.1 Å². The van der Waals surface area contributed by atoms with Crippen molar-refractivity contribution in [3.63, 3.8) is 0 Å². The van der Waals surface area contributed by atoms with Crippen molar-refractivity contribution in [1.29, 1.82) is 0 Å². The van der Waals surface area contributed by atoms with Gasteiger partial charge in [-0.2, -0.15) is 0 Å². The highest BCUT2D eigenvalue weighted by Crippen LogP contribution is 2.29. The van der Waals surface area contributed by atoms with Crippen molar-refractivity contribution in [2.45, 2.75) is 50.6 Å². The average molecular weight is 436 g/mol. The van der Waals surface area contributed by atoms with E-state index in [-0.39, 0.29) is 35.2 Å². The number of hydrogen-bond acceptors (Lipinski definition) is 6. The number of phenolic OH excluding ortho intramolecular Hbond substituents is 1. The first-order valence-corrected chi connectivity index (χ1v) is 13.0. The van der Waals surface area contributed by atoms with Gasteiger partial charge in [0.25, 0.3) is 0 Å². The van der Waals surface area contributed by atoms with Gasteiger partial charge in [-0.3, -0.25) is 9.69 Å². The van der Waals surface area contributed by atoms with E-state index in [0.717, 1.165) is 57.5 Å². The van der Waals surface area contributed by atoms with Crippen LogP contribution in [0.15, 0.2) is 24.3 Å². The average Bonchev–Trinajstić information content (AvgIpc) is 3.09. The molecule has 1 saturated carbocycles. The molecule has 2 heterocycles. The van der Waals surface area contributed by atoms with Crippen LogP contribution >= 0.6 is 0 Å². The van der Waals surface area contributed by atoms with E-state index in [1.54, 1.807) is 12.1 Å². The van der Waals surface area contributed by atoms with Gasteiger partial charge in [0.1, 0.15) is 5.75 Å². The van der Waals surface area contributed by atoms with Gasteiger partial charge >= 0.3 is 0 Å². The van der Waals surface area contributed by atoms with Crippen molar-refractivity contribution in [2.24, 2.45) is 0 Å². The second-order valence-electron chi connectivity index (χ2n) is 8.93. The van der Waals surface area contributed by atoms with Gasteiger partial charge < -0.3 is 14.9 Å². The third kappa shape index (κ3) is 5.09. The van der Waals surface area contributed by atoms with Crippen LogP contribution in [-0.4, -0.2) is 85.5 Å². The number of hydrogen-bond donors (Lipinski definition) is 1. The van der Waals surface area contributed by atoms with Crippen molar-refractivity contribution in [2.75, 3.05) is 49.1 Å². The molecule has 1 aromatic carbocycles. The van der Waals surface area contributed by atoms with Crippen LogP contribution in [0.1, 0.15) is 38.5 Å². The van der Waals surface area contributed by atoms with Crippen molar-refractivity contribution in [3.05, 3.63) is 24.3 Å². The van der Waals surface area contributed by atoms with E-state index in [2.05, 4.69) is 9.80 Å². The van der Waals surface area contributed by atoms with Crippen molar-refractivity contribution in [1.82, 2.24) is 9.80 Å². The maximum Gasteiger partial charge on any atom is 0.237 e. The lowest BCUT2D eigenvalue weighted by Gasteiger charge is -2.41. The first-order valence-electron chi connectivity index (χ1n) is 11.2. The summed E-state index contributed by atoms with van der Waals surface area (Å²) in [5.41, 5.74) is 1.08. The molecular formula is C22H33N3O4S. The minimum absolute atomic E-state index is 0.0992. The summed E-state index contributed by atoms with van der Waals surface area (Å²) in [7, 11) is -3.02. The van der Waals surface area contributed by atoms with Crippen LogP contribution in [0.3, 0.4) is 0 Å². The lowest BCUT2D eigenvalue weighted by Crippen LogP contribution is -2.54. The number of carbonyl (C=O) groups is 1. The number of phenols is 1. The van der Waals surface area contributed by atoms with E-state index in [4.69, 9.17) is 0 Å². The van der Waals surface area contributed by atoms with Gasteiger partial charge in [-0.1, -0.05) is 19.3 Å². The van der Waals surface area contributed by atoms with Gasteiger partial charge in [-0.15, -0.1) is 0 Å². The molecule has 0 bridgehead atoms. The number of amides is 1. The highest BCUT2D eigenvalue weighted by Gasteiger charge is 2.39. The smallest absolute Gasteiger partial charge is 0.237 e. The monoisotopic (exact) mass is 435 g/mol. The molecule has 166 valence electrons. The van der Waals surface area contributed by atoms with Gasteiger partial charge in [0.15, 0.2) is 9.84 Å². The molecule has 2 saturated heterocycles. The molecule has 1 amide bonds. The minimum Gasteiger partial charge on any atom is -0.508 e. The molecule has 1 aromatic rings. The number of benzene rings is 1. The van der Waals surface area contributed by atoms with E-state index in [0.29, 0.717) is 13.0 Å². The normalized spacial score (nSPS) is 25.3. The Kier molecular flexibility index (Phi) is 6.53. The van der Waals surface area contributed by atoms with E-state index >= 15 is 0 Å². The van der Waals surface area contributed by atoms with E-state index in [9.17, 15) is 18.3 Å². The molecule has 3 aliphatic rings. The largest absolute Gasteiger partial charge is 0.508 e. The van der Waals surface area contributed by atoms with Crippen LogP contribution in [0.4, 0.5) is 5.69 Å². The van der Waals surface area contributed by atoms with Crippen LogP contribution in [0.5, 0.6) is 5.75 Å². The number of aromatic hydroxyl groups is 1. The number of nitrogens with zero attached hydrogens (tertiary/aromatic N) is 3. The molecule has 0 unspecified atom stereocenters. The number of rotatable bonds is 5. The number of piperazine rings is 1. The molecule has 8 heteroatoms. The maximum absolute atomic E-state index is 13.3. The molecule has 0 spiro atoms. The lowest BCUT2D eigenvalue weighted by molar-refractivity contribution is -0.137. The zero-order valence-electron chi connectivity index (χ0n) is 17.6. The van der Waals surface area contributed by atoms with E-state index < -0.39 is 9.84 Å². The van der Waals surface area contributed by atoms with Crippen molar-refractivity contribution < 1.29 is 18.3 Å². The Morgan fingerprint density at radius 1 is 0.967 bits per heavy atom. The number of carbonyl (C=O) groups excluding carboxylic acids is 1. The fraction of sp³-hybridized carbons (Fsp3) is 0.682. The van der Waals surface area contributed by atoms with Gasteiger partial charge in [0, 0.05) is 44.0 Å². The number of anilines is 1. The molecule has 30 heavy (non-hydrogen) atoms. The number of sulfone groups is 1. The molecule has 7 nitrogen and oxygen atoms in total. The van der Waals surface area contributed by atoms with Crippen LogP contribution in [-0.2, 0) is 14.6 Å². The Hall–Kier alpha value is -1.80. The second kappa shape index (κ2) is 9.14. The summed E-state index contributed by atoms with van der Waals surface area (Å²) < 4.78 is 24.1. The third-order valence-electron chi connectivity index (χ3n) is 6.80. The topological polar surface area (TPSA) is 81.2 Å². The molecule has 2 aliphatic heterocycles. The highest BCUT2D eigenvalue weighted by molar-refractivity contribution is 7.91. The minimum atomic E-state index is -3.02. The molecule has 1 N–H and O–H groups in total. The quantitative estimate of drug-likeness (QED) is 0.760. The Morgan fingerprint density at radius 3 is 2.23 bits per heavy atom. The SMILES string of the molecule is O=C(CN1CCN(c2ccc(O)cc2)CC1)N(C1CCCCC1)[C@H]1CCS(=O)(=O)C1. The summed E-state index contributed by atoms with van der Waals surface area (Å²) in [6, 6.07) is 7.28. The third-order valence-corrected chi connectivity index (χ3v) is 8.55. The molecule has 4 rings (SSSR count). The Bertz CT molecular complexity index is 828. The van der Waals surface area contributed by atoms with Crippen molar-refractivity contribution >= 4 is 21.4 Å². The summed E-state index contributed by atoms with van der Waals surface area (Å²) in [6.45, 7) is 3.64. The summed E-state index contributed by atoms with van der Waals surface area (Å²) >= 11 is 0. The predicted molar refractivity (Wildman–Crippen MR) is 118 cm³/mol. The first-order chi connectivity index (χ1) is 14.4. The van der Waals surface area contributed by atoms with Crippen LogP contribution in [0.2, 0.25) is 0 Å². The van der Waals surface area contributed by atoms with Gasteiger partial charge in [0.2, 0.25) is 5.91 Å². The summed E-state index contributed by atoms with van der Waals surface area (Å²) in [4.78, 5) is 19.8. The summed E-state index contributed by atoms with van der Waals surface area (Å²) in [5, 5.41) is 9.47. The standard InChI is InChI=1S/C22H33N3O4S/c26-21-8-6-18(7-9-21)24-13-11-23(12-14-24)16-22(27)25(19-4-2-1-3-5-19)20-10-15-30(28,29)17-20/h6-9,19-20,26H,1-5,10-17H2/t20-/m0/s1.